The van der Waals surface area contributed by atoms with Crippen molar-refractivity contribution in [2.45, 2.75) is 32.7 Å². The molecule has 0 aromatic heterocycles. The van der Waals surface area contributed by atoms with Crippen molar-refractivity contribution in [2.75, 3.05) is 33.2 Å². The maximum Gasteiger partial charge on any atom is 0.233 e. The smallest absolute Gasteiger partial charge is 0.233 e. The fourth-order valence-electron chi connectivity index (χ4n) is 2.29. The molecule has 2 unspecified atom stereocenters. The van der Waals surface area contributed by atoms with E-state index in [1.54, 1.807) is 0 Å². The van der Waals surface area contributed by atoms with Gasteiger partial charge in [-0.3, -0.25) is 4.79 Å². The molecule has 1 amide bonds. The van der Waals surface area contributed by atoms with E-state index in [0.717, 1.165) is 6.54 Å². The molecule has 16 heavy (non-hydrogen) atoms. The Bertz CT molecular complexity index is 220. The molecule has 0 radical (unpaired) electrons. The van der Waals surface area contributed by atoms with Crippen LogP contribution in [0, 0.1) is 5.92 Å². The minimum atomic E-state index is 0.0958. The number of rotatable bonds is 5. The van der Waals surface area contributed by atoms with Gasteiger partial charge in [-0.05, 0) is 46.2 Å². The molecule has 0 saturated carbocycles. The Balaban J connectivity index is 2.23. The predicted molar refractivity (Wildman–Crippen MR) is 66.4 cm³/mol. The van der Waals surface area contributed by atoms with Gasteiger partial charge in [0.15, 0.2) is 0 Å². The number of hydrogen-bond acceptors (Lipinski definition) is 3. The maximum atomic E-state index is 11.3. The average Bonchev–Trinajstić information content (AvgIpc) is 2.26. The van der Waals surface area contributed by atoms with Gasteiger partial charge in [-0.1, -0.05) is 0 Å². The Kier molecular flexibility index (Phi) is 5.77. The second-order valence-corrected chi connectivity index (χ2v) is 4.79. The normalized spacial score (nSPS) is 24.1. The van der Waals surface area contributed by atoms with Crippen LogP contribution in [0.2, 0.25) is 0 Å². The minimum Gasteiger partial charge on any atom is -0.355 e. The van der Waals surface area contributed by atoms with Crippen molar-refractivity contribution < 1.29 is 4.79 Å². The standard InChI is InChI=1S/C12H25N3O/c1-4-13-12(16)8-14-10(2)11-6-5-7-15(3)9-11/h10-11,14H,4-9H2,1-3H3,(H,13,16). The van der Waals surface area contributed by atoms with Crippen molar-refractivity contribution in [3.8, 4) is 0 Å². The molecule has 0 spiro atoms. The number of likely N-dealkylation sites (tertiary alicyclic amines) is 1. The summed E-state index contributed by atoms with van der Waals surface area (Å²) in [7, 11) is 2.17. The lowest BCUT2D eigenvalue weighted by Gasteiger charge is -2.33. The van der Waals surface area contributed by atoms with Crippen LogP contribution in [0.1, 0.15) is 26.7 Å². The van der Waals surface area contributed by atoms with Gasteiger partial charge in [0, 0.05) is 19.1 Å². The third-order valence-electron chi connectivity index (χ3n) is 3.33. The highest BCUT2D eigenvalue weighted by atomic mass is 16.1. The molecule has 0 aliphatic carbocycles. The molecule has 0 aromatic rings. The summed E-state index contributed by atoms with van der Waals surface area (Å²) in [5.74, 6) is 0.770. The van der Waals surface area contributed by atoms with Crippen LogP contribution in [0.4, 0.5) is 0 Å². The van der Waals surface area contributed by atoms with Crippen LogP contribution in [-0.4, -0.2) is 50.1 Å². The molecule has 2 atom stereocenters. The average molecular weight is 227 g/mol. The van der Waals surface area contributed by atoms with Crippen molar-refractivity contribution in [3.63, 3.8) is 0 Å². The fourth-order valence-corrected chi connectivity index (χ4v) is 2.29. The van der Waals surface area contributed by atoms with E-state index in [9.17, 15) is 4.79 Å². The fraction of sp³-hybridized carbons (Fsp3) is 0.917. The molecular weight excluding hydrogens is 202 g/mol. The summed E-state index contributed by atoms with van der Waals surface area (Å²) in [5, 5.41) is 6.12. The molecule has 1 aliphatic rings. The first-order chi connectivity index (χ1) is 7.63. The molecule has 1 aliphatic heterocycles. The highest BCUT2D eigenvalue weighted by Crippen LogP contribution is 2.18. The molecule has 1 saturated heterocycles. The SMILES string of the molecule is CCNC(=O)CNC(C)C1CCCN(C)C1. The van der Waals surface area contributed by atoms with Crippen LogP contribution in [0.15, 0.2) is 0 Å². The molecule has 4 nitrogen and oxygen atoms in total. The first kappa shape index (κ1) is 13.5. The van der Waals surface area contributed by atoms with Gasteiger partial charge in [0.25, 0.3) is 0 Å². The van der Waals surface area contributed by atoms with Crippen molar-refractivity contribution >= 4 is 5.91 Å². The van der Waals surface area contributed by atoms with Crippen LogP contribution in [0.3, 0.4) is 0 Å². The number of piperidine rings is 1. The van der Waals surface area contributed by atoms with Crippen molar-refractivity contribution in [3.05, 3.63) is 0 Å². The molecule has 0 aromatic carbocycles. The summed E-state index contributed by atoms with van der Waals surface area (Å²) in [6.45, 7) is 7.62. The number of likely N-dealkylation sites (N-methyl/N-ethyl adjacent to an activating group) is 1. The zero-order valence-corrected chi connectivity index (χ0v) is 10.8. The van der Waals surface area contributed by atoms with Gasteiger partial charge in [0.2, 0.25) is 5.91 Å². The van der Waals surface area contributed by atoms with E-state index in [2.05, 4.69) is 29.5 Å². The molecule has 1 fully saturated rings. The number of carbonyl (C=O) groups excluding carboxylic acids is 1. The molecule has 1 heterocycles. The Morgan fingerprint density at radius 1 is 1.56 bits per heavy atom. The van der Waals surface area contributed by atoms with E-state index in [4.69, 9.17) is 0 Å². The van der Waals surface area contributed by atoms with Crippen LogP contribution in [0.5, 0.6) is 0 Å². The molecule has 0 bridgehead atoms. The molecule has 1 rings (SSSR count). The lowest BCUT2D eigenvalue weighted by Crippen LogP contribution is -2.46. The molecule has 4 heteroatoms. The Hall–Kier alpha value is -0.610. The van der Waals surface area contributed by atoms with Crippen LogP contribution in [-0.2, 0) is 4.79 Å². The lowest BCUT2D eigenvalue weighted by molar-refractivity contribution is -0.120. The number of carbonyl (C=O) groups is 1. The molecule has 94 valence electrons. The van der Waals surface area contributed by atoms with Crippen molar-refractivity contribution in [1.29, 1.82) is 0 Å². The van der Waals surface area contributed by atoms with Gasteiger partial charge in [0.1, 0.15) is 0 Å². The highest BCUT2D eigenvalue weighted by Gasteiger charge is 2.22. The monoisotopic (exact) mass is 227 g/mol. The highest BCUT2D eigenvalue weighted by molar-refractivity contribution is 5.77. The quantitative estimate of drug-likeness (QED) is 0.716. The number of nitrogens with zero attached hydrogens (tertiary/aromatic N) is 1. The van der Waals surface area contributed by atoms with E-state index < -0.39 is 0 Å². The zero-order valence-electron chi connectivity index (χ0n) is 10.8. The Morgan fingerprint density at radius 2 is 2.31 bits per heavy atom. The Morgan fingerprint density at radius 3 is 2.94 bits per heavy atom. The first-order valence-corrected chi connectivity index (χ1v) is 6.32. The maximum absolute atomic E-state index is 11.3. The van der Waals surface area contributed by atoms with E-state index in [0.29, 0.717) is 25.0 Å². The number of amides is 1. The van der Waals surface area contributed by atoms with E-state index >= 15 is 0 Å². The third-order valence-corrected chi connectivity index (χ3v) is 3.33. The van der Waals surface area contributed by atoms with Crippen molar-refractivity contribution in [1.82, 2.24) is 15.5 Å². The number of hydrogen-bond donors (Lipinski definition) is 2. The summed E-state index contributed by atoms with van der Waals surface area (Å²) < 4.78 is 0. The second kappa shape index (κ2) is 6.86. The van der Waals surface area contributed by atoms with Crippen molar-refractivity contribution in [2.24, 2.45) is 5.92 Å². The topological polar surface area (TPSA) is 44.4 Å². The predicted octanol–water partition coefficient (Wildman–Crippen LogP) is 0.442. The van der Waals surface area contributed by atoms with Gasteiger partial charge in [0.05, 0.1) is 6.54 Å². The van der Waals surface area contributed by atoms with Gasteiger partial charge in [-0.15, -0.1) is 0 Å². The first-order valence-electron chi connectivity index (χ1n) is 6.32. The largest absolute Gasteiger partial charge is 0.355 e. The van der Waals surface area contributed by atoms with Gasteiger partial charge in [-0.2, -0.15) is 0 Å². The summed E-state index contributed by atoms with van der Waals surface area (Å²) in [5.41, 5.74) is 0. The molecular formula is C12H25N3O. The van der Waals surface area contributed by atoms with E-state index in [-0.39, 0.29) is 5.91 Å². The lowest BCUT2D eigenvalue weighted by atomic mass is 9.92. The van der Waals surface area contributed by atoms with Gasteiger partial charge >= 0.3 is 0 Å². The second-order valence-electron chi connectivity index (χ2n) is 4.79. The van der Waals surface area contributed by atoms with Gasteiger partial charge < -0.3 is 15.5 Å². The summed E-state index contributed by atoms with van der Waals surface area (Å²) in [6, 6.07) is 0.422. The minimum absolute atomic E-state index is 0.0958. The number of nitrogens with one attached hydrogen (secondary N) is 2. The van der Waals surface area contributed by atoms with Crippen LogP contribution < -0.4 is 10.6 Å². The molecule has 2 N–H and O–H groups in total. The van der Waals surface area contributed by atoms with Crippen LogP contribution in [0.25, 0.3) is 0 Å². The van der Waals surface area contributed by atoms with E-state index in [1.807, 2.05) is 6.92 Å². The third kappa shape index (κ3) is 4.49. The van der Waals surface area contributed by atoms with Crippen LogP contribution >= 0.6 is 0 Å². The van der Waals surface area contributed by atoms with E-state index in [1.165, 1.54) is 19.4 Å². The summed E-state index contributed by atoms with van der Waals surface area (Å²) >= 11 is 0. The van der Waals surface area contributed by atoms with Gasteiger partial charge in [-0.25, -0.2) is 0 Å². The Labute approximate surface area is 98.8 Å². The summed E-state index contributed by atoms with van der Waals surface area (Å²) in [6.07, 6.45) is 2.54. The summed E-state index contributed by atoms with van der Waals surface area (Å²) in [4.78, 5) is 13.7. The zero-order chi connectivity index (χ0) is 12.0.